The summed E-state index contributed by atoms with van der Waals surface area (Å²) >= 11 is 0. The topological polar surface area (TPSA) is 84.5 Å². The van der Waals surface area contributed by atoms with E-state index < -0.39 is 22.0 Å². The van der Waals surface area contributed by atoms with Crippen LogP contribution in [-0.4, -0.2) is 27.5 Å². The van der Waals surface area contributed by atoms with Crippen LogP contribution in [0.3, 0.4) is 0 Å². The zero-order valence-electron chi connectivity index (χ0n) is 17.8. The van der Waals surface area contributed by atoms with E-state index in [1.165, 1.54) is 25.3 Å². The van der Waals surface area contributed by atoms with Gasteiger partial charge in [0.2, 0.25) is 15.9 Å². The molecule has 8 heteroatoms. The number of hydrogen-bond donors (Lipinski definition) is 2. The molecule has 0 bridgehead atoms. The van der Waals surface area contributed by atoms with Crippen molar-refractivity contribution < 1.29 is 22.3 Å². The summed E-state index contributed by atoms with van der Waals surface area (Å²) < 4.78 is 47.2. The van der Waals surface area contributed by atoms with Crippen molar-refractivity contribution in [1.29, 1.82) is 0 Å². The fourth-order valence-corrected chi connectivity index (χ4v) is 4.65. The molecule has 168 valence electrons. The van der Waals surface area contributed by atoms with Gasteiger partial charge in [0.1, 0.15) is 22.5 Å². The van der Waals surface area contributed by atoms with Gasteiger partial charge in [0.15, 0.2) is 0 Å². The van der Waals surface area contributed by atoms with Gasteiger partial charge in [0.25, 0.3) is 0 Å². The van der Waals surface area contributed by atoms with Gasteiger partial charge >= 0.3 is 0 Å². The second kappa shape index (κ2) is 10.4. The van der Waals surface area contributed by atoms with Crippen LogP contribution < -0.4 is 14.8 Å². The van der Waals surface area contributed by atoms with Gasteiger partial charge in [-0.1, -0.05) is 48.5 Å². The number of aryl methyl sites for hydroxylation is 1. The molecule has 0 spiro atoms. The van der Waals surface area contributed by atoms with Crippen molar-refractivity contribution in [1.82, 2.24) is 10.0 Å². The minimum atomic E-state index is -4.06. The number of carbonyl (C=O) groups excluding carboxylic acids is 1. The van der Waals surface area contributed by atoms with E-state index in [9.17, 15) is 17.6 Å². The van der Waals surface area contributed by atoms with Crippen molar-refractivity contribution in [2.45, 2.75) is 30.8 Å². The first-order valence-corrected chi connectivity index (χ1v) is 11.5. The molecule has 0 saturated heterocycles. The van der Waals surface area contributed by atoms with Crippen molar-refractivity contribution in [3.63, 3.8) is 0 Å². The molecule has 0 fully saturated rings. The maximum Gasteiger partial charge on any atom is 0.244 e. The van der Waals surface area contributed by atoms with Crippen molar-refractivity contribution in [2.24, 2.45) is 0 Å². The predicted molar refractivity (Wildman–Crippen MR) is 120 cm³/mol. The Morgan fingerprint density at radius 2 is 1.69 bits per heavy atom. The molecule has 3 aromatic carbocycles. The molecule has 0 radical (unpaired) electrons. The van der Waals surface area contributed by atoms with E-state index in [1.807, 2.05) is 30.3 Å². The number of hydrogen-bond acceptors (Lipinski definition) is 4. The number of sulfonamides is 1. The van der Waals surface area contributed by atoms with E-state index in [0.29, 0.717) is 5.56 Å². The van der Waals surface area contributed by atoms with Gasteiger partial charge in [-0.05, 0) is 54.3 Å². The van der Waals surface area contributed by atoms with Gasteiger partial charge in [-0.25, -0.2) is 12.8 Å². The summed E-state index contributed by atoms with van der Waals surface area (Å²) in [5.41, 5.74) is 2.24. The molecule has 0 heterocycles. The molecule has 0 aliphatic heterocycles. The highest BCUT2D eigenvalue weighted by atomic mass is 32.2. The van der Waals surface area contributed by atoms with Gasteiger partial charge in [0, 0.05) is 6.54 Å². The molecule has 3 rings (SSSR count). The van der Waals surface area contributed by atoms with Gasteiger partial charge < -0.3 is 10.1 Å². The SMILES string of the molecule is COc1ccc(C)cc1S(=O)(=O)N[C@H](Cc1ccccc1)C(=O)NCc1ccc(F)cc1. The van der Waals surface area contributed by atoms with Crippen molar-refractivity contribution >= 4 is 15.9 Å². The summed E-state index contributed by atoms with van der Waals surface area (Å²) in [6, 6.07) is 18.6. The van der Waals surface area contributed by atoms with Crippen molar-refractivity contribution in [3.05, 3.63) is 95.3 Å². The third-order valence-electron chi connectivity index (χ3n) is 4.89. The largest absolute Gasteiger partial charge is 0.495 e. The Kier molecular flexibility index (Phi) is 7.61. The van der Waals surface area contributed by atoms with E-state index in [4.69, 9.17) is 4.74 Å². The van der Waals surface area contributed by atoms with E-state index in [0.717, 1.165) is 11.1 Å². The van der Waals surface area contributed by atoms with Crippen LogP contribution in [0, 0.1) is 12.7 Å². The smallest absolute Gasteiger partial charge is 0.244 e. The first-order chi connectivity index (χ1) is 15.3. The maximum absolute atomic E-state index is 13.2. The lowest BCUT2D eigenvalue weighted by molar-refractivity contribution is -0.122. The lowest BCUT2D eigenvalue weighted by Crippen LogP contribution is -2.47. The van der Waals surface area contributed by atoms with E-state index >= 15 is 0 Å². The molecule has 1 amide bonds. The second-order valence-electron chi connectivity index (χ2n) is 7.36. The van der Waals surface area contributed by atoms with Crippen LogP contribution in [0.4, 0.5) is 4.39 Å². The summed E-state index contributed by atoms with van der Waals surface area (Å²) in [5, 5.41) is 2.73. The lowest BCUT2D eigenvalue weighted by Gasteiger charge is -2.20. The Bertz CT molecular complexity index is 1170. The average molecular weight is 457 g/mol. The van der Waals surface area contributed by atoms with Gasteiger partial charge in [-0.3, -0.25) is 4.79 Å². The fraction of sp³-hybridized carbons (Fsp3) is 0.208. The molecule has 6 nitrogen and oxygen atoms in total. The standard InChI is InChI=1S/C24H25FN2O4S/c1-17-8-13-22(31-2)23(14-17)32(29,30)27-21(15-18-6-4-3-5-7-18)24(28)26-16-19-9-11-20(25)12-10-19/h3-14,21,27H,15-16H2,1-2H3,(H,26,28)/t21-/m1/s1. The third kappa shape index (κ3) is 6.15. The molecule has 0 aliphatic carbocycles. The van der Waals surface area contributed by atoms with E-state index in [-0.39, 0.29) is 29.4 Å². The molecule has 2 N–H and O–H groups in total. The highest BCUT2D eigenvalue weighted by molar-refractivity contribution is 7.89. The Balaban J connectivity index is 1.84. The maximum atomic E-state index is 13.2. The summed E-state index contributed by atoms with van der Waals surface area (Å²) in [7, 11) is -2.67. The highest BCUT2D eigenvalue weighted by Gasteiger charge is 2.28. The first kappa shape index (κ1) is 23.4. The Labute approximate surface area is 187 Å². The molecule has 0 aliphatic rings. The quantitative estimate of drug-likeness (QED) is 0.517. The van der Waals surface area contributed by atoms with Crippen LogP contribution in [0.5, 0.6) is 5.75 Å². The monoisotopic (exact) mass is 456 g/mol. The van der Waals surface area contributed by atoms with Crippen LogP contribution in [-0.2, 0) is 27.8 Å². The van der Waals surface area contributed by atoms with Crippen molar-refractivity contribution in [3.8, 4) is 5.75 Å². The Morgan fingerprint density at radius 3 is 2.34 bits per heavy atom. The second-order valence-corrected chi connectivity index (χ2v) is 9.04. The molecule has 0 aromatic heterocycles. The van der Waals surface area contributed by atoms with Crippen LogP contribution in [0.1, 0.15) is 16.7 Å². The number of amides is 1. The summed E-state index contributed by atoms with van der Waals surface area (Å²) in [4.78, 5) is 12.9. The Morgan fingerprint density at radius 1 is 1.00 bits per heavy atom. The van der Waals surface area contributed by atoms with Gasteiger partial charge in [-0.2, -0.15) is 4.72 Å². The molecule has 32 heavy (non-hydrogen) atoms. The predicted octanol–water partition coefficient (Wildman–Crippen LogP) is 3.35. The zero-order chi connectivity index (χ0) is 23.1. The number of methoxy groups -OCH3 is 1. The minimum Gasteiger partial charge on any atom is -0.495 e. The number of nitrogens with one attached hydrogen (secondary N) is 2. The molecule has 0 saturated carbocycles. The Hall–Kier alpha value is -3.23. The first-order valence-electron chi connectivity index (χ1n) is 10.0. The molecule has 3 aromatic rings. The number of benzene rings is 3. The van der Waals surface area contributed by atoms with Crippen LogP contribution >= 0.6 is 0 Å². The lowest BCUT2D eigenvalue weighted by atomic mass is 10.1. The minimum absolute atomic E-state index is 0.0376. The molecular formula is C24H25FN2O4S. The van der Waals surface area contributed by atoms with Crippen LogP contribution in [0.15, 0.2) is 77.7 Å². The zero-order valence-corrected chi connectivity index (χ0v) is 18.7. The molecule has 1 atom stereocenters. The molecular weight excluding hydrogens is 431 g/mol. The number of halogens is 1. The normalized spacial score (nSPS) is 12.2. The number of rotatable bonds is 9. The summed E-state index contributed by atoms with van der Waals surface area (Å²) in [6.45, 7) is 1.91. The van der Waals surface area contributed by atoms with Crippen molar-refractivity contribution in [2.75, 3.05) is 7.11 Å². The van der Waals surface area contributed by atoms with Crippen LogP contribution in [0.25, 0.3) is 0 Å². The van der Waals surface area contributed by atoms with Gasteiger partial charge in [0.05, 0.1) is 7.11 Å². The number of ether oxygens (including phenoxy) is 1. The van der Waals surface area contributed by atoms with E-state index in [2.05, 4.69) is 10.0 Å². The van der Waals surface area contributed by atoms with Gasteiger partial charge in [-0.15, -0.1) is 0 Å². The summed E-state index contributed by atoms with van der Waals surface area (Å²) in [6.07, 6.45) is 0.156. The number of carbonyl (C=O) groups is 1. The highest BCUT2D eigenvalue weighted by Crippen LogP contribution is 2.25. The third-order valence-corrected chi connectivity index (χ3v) is 6.38. The molecule has 0 unspecified atom stereocenters. The van der Waals surface area contributed by atoms with E-state index in [1.54, 1.807) is 31.2 Å². The van der Waals surface area contributed by atoms with Crippen LogP contribution in [0.2, 0.25) is 0 Å². The average Bonchev–Trinajstić information content (AvgIpc) is 2.78. The summed E-state index contributed by atoms with van der Waals surface area (Å²) in [5.74, 6) is -0.677. The fourth-order valence-electron chi connectivity index (χ4n) is 3.20.